The van der Waals surface area contributed by atoms with Gasteiger partial charge in [0.2, 0.25) is 5.91 Å². The second kappa shape index (κ2) is 8.78. The summed E-state index contributed by atoms with van der Waals surface area (Å²) in [5, 5.41) is 12.0. The number of nitrogens with zero attached hydrogens (tertiary/aromatic N) is 1. The molecule has 0 unspecified atom stereocenters. The molecule has 0 aromatic heterocycles. The van der Waals surface area contributed by atoms with Gasteiger partial charge in [0.15, 0.2) is 0 Å². The third kappa shape index (κ3) is 3.93. The number of fused-ring (bicyclic) bond motifs is 3. The van der Waals surface area contributed by atoms with Crippen LogP contribution in [0.2, 0.25) is 0 Å². The average molecular weight is 463 g/mol. The molecule has 7 heteroatoms. The number of hydrogen-bond donors (Lipinski definition) is 2. The van der Waals surface area contributed by atoms with Gasteiger partial charge in [-0.2, -0.15) is 0 Å². The van der Waals surface area contributed by atoms with Crippen LogP contribution < -0.4 is 5.32 Å². The zero-order valence-corrected chi connectivity index (χ0v) is 19.3. The Morgan fingerprint density at radius 2 is 1.65 bits per heavy atom. The molecule has 2 fully saturated rings. The Balaban J connectivity index is 1.24. The highest BCUT2D eigenvalue weighted by Gasteiger charge is 2.50. The number of carbonyl (C=O) groups is 3. The van der Waals surface area contributed by atoms with Crippen LogP contribution in [0.15, 0.2) is 48.5 Å². The Morgan fingerprint density at radius 3 is 2.21 bits per heavy atom. The van der Waals surface area contributed by atoms with Crippen LogP contribution in [-0.4, -0.2) is 53.2 Å². The molecule has 1 aliphatic heterocycles. The summed E-state index contributed by atoms with van der Waals surface area (Å²) in [4.78, 5) is 39.1. The first-order valence-electron chi connectivity index (χ1n) is 12.0. The maximum absolute atomic E-state index is 13.4. The fourth-order valence-corrected chi connectivity index (χ4v) is 5.75. The molecular weight excluding hydrogens is 432 g/mol. The normalized spacial score (nSPS) is 22.4. The van der Waals surface area contributed by atoms with Gasteiger partial charge in [0.25, 0.3) is 0 Å². The maximum Gasteiger partial charge on any atom is 0.408 e. The summed E-state index contributed by atoms with van der Waals surface area (Å²) in [6, 6.07) is 16.3. The zero-order valence-electron chi connectivity index (χ0n) is 19.3. The van der Waals surface area contributed by atoms with E-state index in [1.165, 1.54) is 0 Å². The molecule has 5 rings (SSSR count). The van der Waals surface area contributed by atoms with Crippen LogP contribution in [0.25, 0.3) is 11.1 Å². The summed E-state index contributed by atoms with van der Waals surface area (Å²) in [6.45, 7) is 3.12. The number of benzene rings is 2. The molecule has 0 radical (unpaired) electrons. The highest BCUT2D eigenvalue weighted by Crippen LogP contribution is 2.44. The van der Waals surface area contributed by atoms with E-state index in [0.717, 1.165) is 28.7 Å². The molecule has 0 spiro atoms. The molecule has 1 saturated carbocycles. The van der Waals surface area contributed by atoms with E-state index >= 15 is 0 Å². The highest BCUT2D eigenvalue weighted by atomic mass is 16.5. The van der Waals surface area contributed by atoms with E-state index in [1.54, 1.807) is 4.90 Å². The molecule has 34 heavy (non-hydrogen) atoms. The van der Waals surface area contributed by atoms with Crippen molar-refractivity contribution in [3.63, 3.8) is 0 Å². The zero-order chi connectivity index (χ0) is 23.9. The van der Waals surface area contributed by atoms with Crippen molar-refractivity contribution in [1.29, 1.82) is 0 Å². The van der Waals surface area contributed by atoms with E-state index in [0.29, 0.717) is 25.9 Å². The van der Waals surface area contributed by atoms with E-state index in [9.17, 15) is 14.4 Å². The van der Waals surface area contributed by atoms with E-state index in [1.807, 2.05) is 31.2 Å². The number of carboxylic acid groups (broad SMARTS) is 1. The number of amides is 2. The van der Waals surface area contributed by atoms with E-state index in [4.69, 9.17) is 9.84 Å². The molecule has 1 saturated heterocycles. The number of hydrogen-bond acceptors (Lipinski definition) is 4. The van der Waals surface area contributed by atoms with Crippen LogP contribution in [0.1, 0.15) is 49.7 Å². The second-order valence-electron chi connectivity index (χ2n) is 9.93. The Bertz CT molecular complexity index is 1080. The Hall–Kier alpha value is -3.35. The molecule has 178 valence electrons. The molecule has 0 bridgehead atoms. The van der Waals surface area contributed by atoms with Crippen molar-refractivity contribution in [2.45, 2.75) is 44.1 Å². The smallest absolute Gasteiger partial charge is 0.408 e. The number of ether oxygens (including phenoxy) is 1. The minimum Gasteiger partial charge on any atom is -0.481 e. The maximum atomic E-state index is 13.4. The molecule has 2 aromatic carbocycles. The molecule has 2 amide bonds. The summed E-state index contributed by atoms with van der Waals surface area (Å²) in [6.07, 6.45) is 1.48. The molecule has 2 N–H and O–H groups in total. The Kier molecular flexibility index (Phi) is 5.80. The standard InChI is InChI=1S/C27H30N2O5/c1-17-14-29(15-18(17)13-24(30)31)25(32)27(11-6-12-27)28-26(33)34-16-23-21-9-4-2-7-19(21)20-8-3-5-10-22(20)23/h2-5,7-10,17-18,23H,6,11-16H2,1H3,(H,28,33)(H,30,31)/t17-,18-/m1/s1. The van der Waals surface area contributed by atoms with E-state index in [-0.39, 0.29) is 36.7 Å². The summed E-state index contributed by atoms with van der Waals surface area (Å²) in [5.74, 6) is -0.949. The van der Waals surface area contributed by atoms with Gasteiger partial charge < -0.3 is 20.1 Å². The summed E-state index contributed by atoms with van der Waals surface area (Å²) in [7, 11) is 0. The number of aliphatic carboxylic acids is 1. The van der Waals surface area contributed by atoms with Crippen LogP contribution in [0, 0.1) is 11.8 Å². The van der Waals surface area contributed by atoms with Crippen molar-refractivity contribution in [3.05, 3.63) is 59.7 Å². The van der Waals surface area contributed by atoms with Gasteiger partial charge in [0.1, 0.15) is 12.1 Å². The van der Waals surface area contributed by atoms with Crippen LogP contribution in [0.4, 0.5) is 4.79 Å². The number of alkyl carbamates (subject to hydrolysis) is 1. The van der Waals surface area contributed by atoms with Crippen molar-refractivity contribution in [1.82, 2.24) is 10.2 Å². The quantitative estimate of drug-likeness (QED) is 0.676. The molecule has 2 atom stereocenters. The first-order chi connectivity index (χ1) is 16.4. The third-order valence-electron chi connectivity index (χ3n) is 7.79. The van der Waals surface area contributed by atoms with Gasteiger partial charge >= 0.3 is 12.1 Å². The van der Waals surface area contributed by atoms with Gasteiger partial charge in [-0.3, -0.25) is 9.59 Å². The SMILES string of the molecule is C[C@@H]1CN(C(=O)C2(NC(=O)OCC3c4ccccc4-c4ccccc43)CCC2)C[C@H]1CC(=O)O. The van der Waals surface area contributed by atoms with Gasteiger partial charge in [0.05, 0.1) is 6.42 Å². The summed E-state index contributed by atoms with van der Waals surface area (Å²) in [5.41, 5.74) is 3.66. The molecule has 1 heterocycles. The van der Waals surface area contributed by atoms with Crippen molar-refractivity contribution in [2.24, 2.45) is 11.8 Å². The lowest BCUT2D eigenvalue weighted by Gasteiger charge is -2.42. The topological polar surface area (TPSA) is 95.9 Å². The van der Waals surface area contributed by atoms with Crippen molar-refractivity contribution in [3.8, 4) is 11.1 Å². The Morgan fingerprint density at radius 1 is 1.03 bits per heavy atom. The molecule has 7 nitrogen and oxygen atoms in total. The van der Waals surface area contributed by atoms with Crippen molar-refractivity contribution in [2.75, 3.05) is 19.7 Å². The second-order valence-corrected chi connectivity index (χ2v) is 9.93. The van der Waals surface area contributed by atoms with E-state index < -0.39 is 17.6 Å². The van der Waals surface area contributed by atoms with Crippen LogP contribution in [0.3, 0.4) is 0 Å². The van der Waals surface area contributed by atoms with Crippen LogP contribution >= 0.6 is 0 Å². The number of carboxylic acids is 1. The first kappa shape index (κ1) is 22.4. The molecule has 2 aromatic rings. The number of nitrogens with one attached hydrogen (secondary N) is 1. The third-order valence-corrected chi connectivity index (χ3v) is 7.79. The van der Waals surface area contributed by atoms with Crippen LogP contribution in [-0.2, 0) is 14.3 Å². The lowest BCUT2D eigenvalue weighted by Crippen LogP contribution is -2.63. The lowest BCUT2D eigenvalue weighted by molar-refractivity contribution is -0.142. The van der Waals surface area contributed by atoms with Gasteiger partial charge in [-0.15, -0.1) is 0 Å². The van der Waals surface area contributed by atoms with Crippen molar-refractivity contribution < 1.29 is 24.2 Å². The average Bonchev–Trinajstić information content (AvgIpc) is 3.32. The van der Waals surface area contributed by atoms with Crippen LogP contribution in [0.5, 0.6) is 0 Å². The lowest BCUT2D eigenvalue weighted by atomic mass is 9.75. The van der Waals surface area contributed by atoms with Crippen molar-refractivity contribution >= 4 is 18.0 Å². The number of likely N-dealkylation sites (tertiary alicyclic amines) is 1. The number of carbonyl (C=O) groups excluding carboxylic acids is 2. The molecule has 2 aliphatic carbocycles. The first-order valence-corrected chi connectivity index (χ1v) is 12.0. The minimum absolute atomic E-state index is 0.0394. The summed E-state index contributed by atoms with van der Waals surface area (Å²) >= 11 is 0. The predicted molar refractivity (Wildman–Crippen MR) is 126 cm³/mol. The Labute approximate surface area is 199 Å². The number of rotatable bonds is 6. The van der Waals surface area contributed by atoms with Gasteiger partial charge in [0, 0.05) is 19.0 Å². The van der Waals surface area contributed by atoms with Gasteiger partial charge in [-0.05, 0) is 53.4 Å². The summed E-state index contributed by atoms with van der Waals surface area (Å²) < 4.78 is 5.68. The van der Waals surface area contributed by atoms with E-state index in [2.05, 4.69) is 29.6 Å². The molecule has 3 aliphatic rings. The largest absolute Gasteiger partial charge is 0.481 e. The molecular formula is C27H30N2O5. The monoisotopic (exact) mass is 462 g/mol. The van der Waals surface area contributed by atoms with Gasteiger partial charge in [-0.25, -0.2) is 4.79 Å². The fraction of sp³-hybridized carbons (Fsp3) is 0.444. The predicted octanol–water partition coefficient (Wildman–Crippen LogP) is 4.02. The minimum atomic E-state index is -0.944. The van der Waals surface area contributed by atoms with Gasteiger partial charge in [-0.1, -0.05) is 55.5 Å². The fourth-order valence-electron chi connectivity index (χ4n) is 5.75. The highest BCUT2D eigenvalue weighted by molar-refractivity contribution is 5.91.